The highest BCUT2D eigenvalue weighted by Gasteiger charge is 2.27. The summed E-state index contributed by atoms with van der Waals surface area (Å²) in [5.41, 5.74) is 3.13. The van der Waals surface area contributed by atoms with Gasteiger partial charge in [0.05, 0.1) is 6.04 Å². The predicted molar refractivity (Wildman–Crippen MR) is 116 cm³/mol. The Bertz CT molecular complexity index is 992. The van der Waals surface area contributed by atoms with Gasteiger partial charge in [0.15, 0.2) is 0 Å². The van der Waals surface area contributed by atoms with E-state index in [1.54, 1.807) is 17.0 Å². The van der Waals surface area contributed by atoms with Gasteiger partial charge in [-0.2, -0.15) is 0 Å². The second-order valence-corrected chi connectivity index (χ2v) is 7.31. The SMILES string of the molecule is O=C(C#Cc1ccc(F)cc1)N1CCN(C(c2ccccc2)c2ccccc2)CC1. The summed E-state index contributed by atoms with van der Waals surface area (Å²) in [6.07, 6.45) is 0. The van der Waals surface area contributed by atoms with Crippen LogP contribution in [0.1, 0.15) is 22.7 Å². The van der Waals surface area contributed by atoms with Crippen molar-refractivity contribution in [2.45, 2.75) is 6.04 Å². The molecule has 0 radical (unpaired) electrons. The molecular weight excluding hydrogens is 375 g/mol. The van der Waals surface area contributed by atoms with Crippen LogP contribution in [0.4, 0.5) is 4.39 Å². The molecule has 1 aliphatic heterocycles. The van der Waals surface area contributed by atoms with Crippen LogP contribution in [0, 0.1) is 17.7 Å². The lowest BCUT2D eigenvalue weighted by Crippen LogP contribution is -2.49. The number of halogens is 1. The van der Waals surface area contributed by atoms with E-state index in [4.69, 9.17) is 0 Å². The van der Waals surface area contributed by atoms with Gasteiger partial charge in [-0.15, -0.1) is 0 Å². The van der Waals surface area contributed by atoms with Crippen molar-refractivity contribution in [3.8, 4) is 11.8 Å². The zero-order valence-corrected chi connectivity index (χ0v) is 16.7. The Morgan fingerprint density at radius 3 is 1.83 bits per heavy atom. The molecule has 0 atom stereocenters. The maximum absolute atomic E-state index is 13.0. The Balaban J connectivity index is 1.45. The van der Waals surface area contributed by atoms with Crippen molar-refractivity contribution < 1.29 is 9.18 Å². The average molecular weight is 398 g/mol. The minimum absolute atomic E-state index is 0.162. The van der Waals surface area contributed by atoms with Crippen LogP contribution in [0.25, 0.3) is 0 Å². The molecule has 1 heterocycles. The highest BCUT2D eigenvalue weighted by molar-refractivity contribution is 5.94. The number of piperazine rings is 1. The highest BCUT2D eigenvalue weighted by Crippen LogP contribution is 2.29. The largest absolute Gasteiger partial charge is 0.329 e. The molecule has 3 aromatic carbocycles. The molecule has 4 rings (SSSR count). The molecule has 0 unspecified atom stereocenters. The van der Waals surface area contributed by atoms with Gasteiger partial charge in [0, 0.05) is 37.7 Å². The van der Waals surface area contributed by atoms with Crippen LogP contribution >= 0.6 is 0 Å². The zero-order chi connectivity index (χ0) is 20.8. The zero-order valence-electron chi connectivity index (χ0n) is 16.7. The molecule has 3 nitrogen and oxygen atoms in total. The Labute approximate surface area is 176 Å². The van der Waals surface area contributed by atoms with E-state index < -0.39 is 0 Å². The van der Waals surface area contributed by atoms with Crippen molar-refractivity contribution in [1.82, 2.24) is 9.80 Å². The molecule has 4 heteroatoms. The number of nitrogens with zero attached hydrogens (tertiary/aromatic N) is 2. The molecule has 0 N–H and O–H groups in total. The third-order valence-corrected chi connectivity index (χ3v) is 5.36. The van der Waals surface area contributed by atoms with Crippen molar-refractivity contribution in [2.75, 3.05) is 26.2 Å². The first-order chi connectivity index (χ1) is 14.7. The summed E-state index contributed by atoms with van der Waals surface area (Å²) in [6, 6.07) is 27.0. The average Bonchev–Trinajstić information content (AvgIpc) is 2.81. The number of benzene rings is 3. The molecule has 1 aliphatic rings. The Morgan fingerprint density at radius 1 is 0.767 bits per heavy atom. The summed E-state index contributed by atoms with van der Waals surface area (Å²) < 4.78 is 13.0. The summed E-state index contributed by atoms with van der Waals surface area (Å²) in [5.74, 6) is 5.03. The van der Waals surface area contributed by atoms with E-state index in [9.17, 15) is 9.18 Å². The molecule has 1 fully saturated rings. The van der Waals surface area contributed by atoms with Gasteiger partial charge >= 0.3 is 0 Å². The lowest BCUT2D eigenvalue weighted by Gasteiger charge is -2.39. The van der Waals surface area contributed by atoms with Gasteiger partial charge in [-0.1, -0.05) is 66.6 Å². The van der Waals surface area contributed by atoms with Gasteiger partial charge < -0.3 is 4.90 Å². The van der Waals surface area contributed by atoms with Crippen LogP contribution in [0.2, 0.25) is 0 Å². The molecule has 0 bridgehead atoms. The van der Waals surface area contributed by atoms with Gasteiger partial charge in [-0.3, -0.25) is 9.69 Å². The second kappa shape index (κ2) is 9.39. The van der Waals surface area contributed by atoms with E-state index in [0.717, 1.165) is 13.1 Å². The third kappa shape index (κ3) is 4.76. The van der Waals surface area contributed by atoms with Gasteiger partial charge in [-0.25, -0.2) is 4.39 Å². The molecule has 0 aliphatic carbocycles. The third-order valence-electron chi connectivity index (χ3n) is 5.36. The minimum Gasteiger partial charge on any atom is -0.329 e. The lowest BCUT2D eigenvalue weighted by molar-refractivity contribution is -0.127. The minimum atomic E-state index is -0.311. The Morgan fingerprint density at radius 2 is 1.30 bits per heavy atom. The summed E-state index contributed by atoms with van der Waals surface area (Å²) in [4.78, 5) is 16.7. The van der Waals surface area contributed by atoms with Crippen LogP contribution in [0.5, 0.6) is 0 Å². The van der Waals surface area contributed by atoms with E-state index in [1.807, 2.05) is 12.1 Å². The fourth-order valence-corrected chi connectivity index (χ4v) is 3.81. The number of hydrogen-bond donors (Lipinski definition) is 0. The highest BCUT2D eigenvalue weighted by atomic mass is 19.1. The summed E-state index contributed by atoms with van der Waals surface area (Å²) >= 11 is 0. The predicted octanol–water partition coefficient (Wildman–Crippen LogP) is 4.11. The van der Waals surface area contributed by atoms with Crippen LogP contribution in [-0.4, -0.2) is 41.9 Å². The number of rotatable bonds is 3. The van der Waals surface area contributed by atoms with Crippen molar-refractivity contribution in [2.24, 2.45) is 0 Å². The summed E-state index contributed by atoms with van der Waals surface area (Å²) in [6.45, 7) is 2.82. The van der Waals surface area contributed by atoms with Crippen molar-refractivity contribution in [3.63, 3.8) is 0 Å². The van der Waals surface area contributed by atoms with Gasteiger partial charge in [0.2, 0.25) is 0 Å². The molecule has 1 amide bonds. The second-order valence-electron chi connectivity index (χ2n) is 7.31. The van der Waals surface area contributed by atoms with E-state index in [2.05, 4.69) is 65.3 Å². The van der Waals surface area contributed by atoms with Crippen LogP contribution < -0.4 is 0 Å². The maximum atomic E-state index is 13.0. The van der Waals surface area contributed by atoms with Crippen molar-refractivity contribution in [3.05, 3.63) is 107 Å². The first-order valence-corrected chi connectivity index (χ1v) is 10.1. The van der Waals surface area contributed by atoms with Crippen LogP contribution in [-0.2, 0) is 4.79 Å². The quantitative estimate of drug-likeness (QED) is 0.620. The van der Waals surface area contributed by atoms with E-state index in [0.29, 0.717) is 18.7 Å². The van der Waals surface area contributed by atoms with Crippen molar-refractivity contribution >= 4 is 5.91 Å². The van der Waals surface area contributed by atoms with Crippen LogP contribution in [0.3, 0.4) is 0 Å². The summed E-state index contributed by atoms with van der Waals surface area (Å²) in [5, 5.41) is 0. The molecule has 150 valence electrons. The fraction of sp³-hybridized carbons (Fsp3) is 0.192. The molecule has 0 saturated carbocycles. The number of carbonyl (C=O) groups excluding carboxylic acids is 1. The first kappa shape index (κ1) is 19.9. The number of amides is 1. The monoisotopic (exact) mass is 398 g/mol. The summed E-state index contributed by atoms with van der Waals surface area (Å²) in [7, 11) is 0. The van der Waals surface area contributed by atoms with Gasteiger partial charge in [-0.05, 0) is 35.4 Å². The van der Waals surface area contributed by atoms with E-state index in [-0.39, 0.29) is 17.8 Å². The molecule has 0 aromatic heterocycles. The smallest absolute Gasteiger partial charge is 0.298 e. The Hall–Kier alpha value is -3.42. The normalized spacial score (nSPS) is 14.3. The topological polar surface area (TPSA) is 23.6 Å². The maximum Gasteiger partial charge on any atom is 0.298 e. The molecule has 1 saturated heterocycles. The van der Waals surface area contributed by atoms with Gasteiger partial charge in [0.1, 0.15) is 5.82 Å². The lowest BCUT2D eigenvalue weighted by atomic mass is 9.96. The molecule has 0 spiro atoms. The van der Waals surface area contributed by atoms with E-state index >= 15 is 0 Å². The molecular formula is C26H23FN2O. The number of hydrogen-bond acceptors (Lipinski definition) is 2. The molecule has 3 aromatic rings. The molecule has 30 heavy (non-hydrogen) atoms. The van der Waals surface area contributed by atoms with E-state index in [1.165, 1.54) is 23.3 Å². The van der Waals surface area contributed by atoms with Crippen molar-refractivity contribution in [1.29, 1.82) is 0 Å². The standard InChI is InChI=1S/C26H23FN2O/c27-24-14-11-21(12-15-24)13-16-25(30)28-17-19-29(20-18-28)26(22-7-3-1-4-8-22)23-9-5-2-6-10-23/h1-12,14-15,26H,17-20H2. The van der Waals surface area contributed by atoms with Crippen LogP contribution in [0.15, 0.2) is 84.9 Å². The Kier molecular flexibility index (Phi) is 6.22. The first-order valence-electron chi connectivity index (χ1n) is 10.1. The number of carbonyl (C=O) groups is 1. The van der Waals surface area contributed by atoms with Gasteiger partial charge in [0.25, 0.3) is 5.91 Å². The fourth-order valence-electron chi connectivity index (χ4n) is 3.81.